The minimum Gasteiger partial charge on any atom is -0.464 e. The third kappa shape index (κ3) is 2.43. The summed E-state index contributed by atoms with van der Waals surface area (Å²) < 4.78 is 17.0. The zero-order valence-electron chi connectivity index (χ0n) is 11.9. The van der Waals surface area contributed by atoms with Gasteiger partial charge in [-0.3, -0.25) is 0 Å². The molecule has 4 nitrogen and oxygen atoms in total. The van der Waals surface area contributed by atoms with Crippen LogP contribution >= 0.6 is 0 Å². The SMILES string of the molecule is C=CC[C@@]12CCC[C@]1(OC(C)C(=O)OCC)OCC2. The van der Waals surface area contributed by atoms with E-state index in [4.69, 9.17) is 14.2 Å². The number of carbonyl (C=O) groups is 1. The van der Waals surface area contributed by atoms with Crippen LogP contribution in [-0.4, -0.2) is 31.1 Å². The van der Waals surface area contributed by atoms with Crippen LogP contribution in [0.25, 0.3) is 0 Å². The van der Waals surface area contributed by atoms with E-state index in [0.717, 1.165) is 32.1 Å². The summed E-state index contributed by atoms with van der Waals surface area (Å²) in [5.74, 6) is -0.931. The molecule has 0 aromatic carbocycles. The van der Waals surface area contributed by atoms with Crippen molar-refractivity contribution in [3.63, 3.8) is 0 Å². The molecule has 0 amide bonds. The molecule has 2 fully saturated rings. The normalized spacial score (nSPS) is 34.8. The van der Waals surface area contributed by atoms with Gasteiger partial charge in [-0.25, -0.2) is 4.79 Å². The van der Waals surface area contributed by atoms with Gasteiger partial charge in [-0.15, -0.1) is 6.58 Å². The van der Waals surface area contributed by atoms with E-state index in [-0.39, 0.29) is 11.4 Å². The van der Waals surface area contributed by atoms with Gasteiger partial charge in [0.05, 0.1) is 13.2 Å². The second kappa shape index (κ2) is 5.63. The summed E-state index contributed by atoms with van der Waals surface area (Å²) in [5.41, 5.74) is -0.00446. The quantitative estimate of drug-likeness (QED) is 0.549. The van der Waals surface area contributed by atoms with E-state index in [1.54, 1.807) is 13.8 Å². The molecule has 1 saturated heterocycles. The smallest absolute Gasteiger partial charge is 0.335 e. The fourth-order valence-electron chi connectivity index (χ4n) is 3.51. The van der Waals surface area contributed by atoms with E-state index in [9.17, 15) is 4.79 Å². The Balaban J connectivity index is 2.12. The van der Waals surface area contributed by atoms with E-state index in [2.05, 4.69) is 6.58 Å². The van der Waals surface area contributed by atoms with E-state index in [0.29, 0.717) is 13.2 Å². The van der Waals surface area contributed by atoms with Crippen molar-refractivity contribution in [1.82, 2.24) is 0 Å². The van der Waals surface area contributed by atoms with Crippen LogP contribution in [-0.2, 0) is 19.0 Å². The molecule has 1 saturated carbocycles. The van der Waals surface area contributed by atoms with Crippen LogP contribution in [0.5, 0.6) is 0 Å². The molecule has 1 heterocycles. The Morgan fingerprint density at radius 1 is 1.47 bits per heavy atom. The average Bonchev–Trinajstić information content (AvgIpc) is 2.84. The second-order valence-electron chi connectivity index (χ2n) is 5.49. The summed E-state index contributed by atoms with van der Waals surface area (Å²) in [6, 6.07) is 0. The van der Waals surface area contributed by atoms with Gasteiger partial charge in [-0.1, -0.05) is 6.08 Å². The molecule has 0 aromatic heterocycles. The van der Waals surface area contributed by atoms with Crippen molar-refractivity contribution in [2.75, 3.05) is 13.2 Å². The maximum Gasteiger partial charge on any atom is 0.335 e. The highest BCUT2D eigenvalue weighted by Gasteiger charge is 2.60. The fraction of sp³-hybridized carbons (Fsp3) is 0.800. The Hall–Kier alpha value is -0.870. The minimum absolute atomic E-state index is 0.00446. The van der Waals surface area contributed by atoms with Crippen LogP contribution in [0, 0.1) is 5.41 Å². The number of fused-ring (bicyclic) bond motifs is 1. The summed E-state index contributed by atoms with van der Waals surface area (Å²) in [6.45, 7) is 8.46. The first-order chi connectivity index (χ1) is 9.09. The molecule has 0 bridgehead atoms. The number of carbonyl (C=O) groups excluding carboxylic acids is 1. The third-order valence-corrected chi connectivity index (χ3v) is 4.41. The molecular formula is C15H24O4. The van der Waals surface area contributed by atoms with E-state index >= 15 is 0 Å². The van der Waals surface area contributed by atoms with Gasteiger partial charge in [0.2, 0.25) is 0 Å². The Bertz CT molecular complexity index is 340. The van der Waals surface area contributed by atoms with Gasteiger partial charge >= 0.3 is 5.97 Å². The van der Waals surface area contributed by atoms with Gasteiger partial charge in [0.15, 0.2) is 11.9 Å². The molecule has 19 heavy (non-hydrogen) atoms. The average molecular weight is 268 g/mol. The lowest BCUT2D eigenvalue weighted by molar-refractivity contribution is -0.266. The number of esters is 1. The lowest BCUT2D eigenvalue weighted by Crippen LogP contribution is -2.46. The molecule has 2 aliphatic rings. The Kier molecular flexibility index (Phi) is 4.31. The lowest BCUT2D eigenvalue weighted by Gasteiger charge is -2.39. The van der Waals surface area contributed by atoms with Crippen LogP contribution in [0.15, 0.2) is 12.7 Å². The van der Waals surface area contributed by atoms with Crippen LogP contribution < -0.4 is 0 Å². The summed E-state index contributed by atoms with van der Waals surface area (Å²) in [6.07, 6.45) is 6.22. The van der Waals surface area contributed by atoms with Gasteiger partial charge < -0.3 is 14.2 Å². The number of hydrogen-bond acceptors (Lipinski definition) is 4. The van der Waals surface area contributed by atoms with Gasteiger partial charge in [0.25, 0.3) is 0 Å². The molecule has 0 aromatic rings. The summed E-state index contributed by atoms with van der Waals surface area (Å²) in [7, 11) is 0. The van der Waals surface area contributed by atoms with Gasteiger partial charge in [0, 0.05) is 11.8 Å². The van der Waals surface area contributed by atoms with Gasteiger partial charge in [-0.05, 0) is 39.5 Å². The Morgan fingerprint density at radius 2 is 2.26 bits per heavy atom. The Morgan fingerprint density at radius 3 is 2.95 bits per heavy atom. The van der Waals surface area contributed by atoms with Crippen molar-refractivity contribution in [3.05, 3.63) is 12.7 Å². The third-order valence-electron chi connectivity index (χ3n) is 4.41. The summed E-state index contributed by atoms with van der Waals surface area (Å²) in [5, 5.41) is 0. The highest BCUT2D eigenvalue weighted by atomic mass is 16.7. The van der Waals surface area contributed by atoms with Crippen LogP contribution in [0.4, 0.5) is 0 Å². The first-order valence-corrected chi connectivity index (χ1v) is 7.18. The zero-order valence-corrected chi connectivity index (χ0v) is 11.9. The molecule has 108 valence electrons. The van der Waals surface area contributed by atoms with Crippen molar-refractivity contribution < 1.29 is 19.0 Å². The van der Waals surface area contributed by atoms with Crippen molar-refractivity contribution in [2.45, 2.75) is 57.8 Å². The predicted octanol–water partition coefficient (Wildman–Crippen LogP) is 2.82. The van der Waals surface area contributed by atoms with E-state index in [1.165, 1.54) is 0 Å². The van der Waals surface area contributed by atoms with Crippen LogP contribution in [0.2, 0.25) is 0 Å². The molecule has 0 radical (unpaired) electrons. The number of allylic oxidation sites excluding steroid dienone is 1. The predicted molar refractivity (Wildman–Crippen MR) is 71.6 cm³/mol. The van der Waals surface area contributed by atoms with Gasteiger partial charge in [-0.2, -0.15) is 0 Å². The lowest BCUT2D eigenvalue weighted by atomic mass is 9.77. The highest BCUT2D eigenvalue weighted by molar-refractivity contribution is 5.74. The second-order valence-corrected chi connectivity index (χ2v) is 5.49. The van der Waals surface area contributed by atoms with Crippen LogP contribution in [0.3, 0.4) is 0 Å². The monoisotopic (exact) mass is 268 g/mol. The molecular weight excluding hydrogens is 244 g/mol. The molecule has 2 rings (SSSR count). The molecule has 1 unspecified atom stereocenters. The maximum absolute atomic E-state index is 11.8. The highest BCUT2D eigenvalue weighted by Crippen LogP contribution is 2.58. The number of hydrogen-bond donors (Lipinski definition) is 0. The first kappa shape index (κ1) is 14.5. The van der Waals surface area contributed by atoms with Crippen molar-refractivity contribution in [3.8, 4) is 0 Å². The van der Waals surface area contributed by atoms with E-state index in [1.807, 2.05) is 6.08 Å². The molecule has 4 heteroatoms. The van der Waals surface area contributed by atoms with Crippen molar-refractivity contribution in [2.24, 2.45) is 5.41 Å². The van der Waals surface area contributed by atoms with Crippen molar-refractivity contribution in [1.29, 1.82) is 0 Å². The number of rotatable bonds is 6. The van der Waals surface area contributed by atoms with Crippen LogP contribution in [0.1, 0.15) is 46.0 Å². The topological polar surface area (TPSA) is 44.8 Å². The number of ether oxygens (including phenoxy) is 3. The largest absolute Gasteiger partial charge is 0.464 e. The molecule has 1 aliphatic heterocycles. The first-order valence-electron chi connectivity index (χ1n) is 7.18. The standard InChI is InChI=1S/C15H24O4/c1-4-7-14-8-6-9-15(14,18-11-10-14)19-12(3)13(16)17-5-2/h4,12H,1,5-11H2,2-3H3/t12?,14-,15+/m0/s1. The molecule has 0 N–H and O–H groups in total. The molecule has 3 atom stereocenters. The zero-order chi connectivity index (χ0) is 13.9. The fourth-order valence-corrected chi connectivity index (χ4v) is 3.51. The van der Waals surface area contributed by atoms with E-state index < -0.39 is 11.9 Å². The maximum atomic E-state index is 11.8. The molecule has 1 aliphatic carbocycles. The Labute approximate surface area is 115 Å². The summed E-state index contributed by atoms with van der Waals surface area (Å²) >= 11 is 0. The van der Waals surface area contributed by atoms with Gasteiger partial charge in [0.1, 0.15) is 0 Å². The summed E-state index contributed by atoms with van der Waals surface area (Å²) in [4.78, 5) is 11.8. The minimum atomic E-state index is -0.618. The molecule has 0 spiro atoms. The van der Waals surface area contributed by atoms with Crippen molar-refractivity contribution >= 4 is 5.97 Å².